The summed E-state index contributed by atoms with van der Waals surface area (Å²) in [5, 5.41) is 10.2. The number of aromatic carboxylic acids is 1. The molecule has 6 heteroatoms. The molecule has 3 N–H and O–H groups in total. The Balaban J connectivity index is 2.31. The number of carbonyl (C=O) groups excluding carboxylic acids is 1. The van der Waals surface area contributed by atoms with Crippen molar-refractivity contribution in [3.8, 4) is 22.6 Å². The summed E-state index contributed by atoms with van der Waals surface area (Å²) in [7, 11) is 0. The zero-order valence-electron chi connectivity index (χ0n) is 20.5. The number of carboxylic acids is 1. The summed E-state index contributed by atoms with van der Waals surface area (Å²) in [5.41, 5.74) is 9.25. The second-order valence-corrected chi connectivity index (χ2v) is 9.73. The van der Waals surface area contributed by atoms with Crippen LogP contribution in [0.2, 0.25) is 0 Å². The number of hydrogen-bond donors (Lipinski definition) is 2. The number of benzene rings is 2. The maximum atomic E-state index is 12.9. The highest BCUT2D eigenvalue weighted by Gasteiger charge is 2.38. The number of unbranched alkanes of at least 4 members (excludes halogenated alkanes) is 2. The van der Waals surface area contributed by atoms with Crippen molar-refractivity contribution >= 4 is 11.9 Å². The number of nitrogens with two attached hydrogens (primary N) is 1. The maximum Gasteiger partial charge on any atom is 0.339 e. The Morgan fingerprint density at radius 2 is 1.88 bits per heavy atom. The Labute approximate surface area is 196 Å². The maximum absolute atomic E-state index is 12.9. The molecule has 2 aromatic carbocycles. The van der Waals surface area contributed by atoms with Crippen LogP contribution in [0.3, 0.4) is 0 Å². The summed E-state index contributed by atoms with van der Waals surface area (Å²) in [5.74, 6) is -1.40. The van der Waals surface area contributed by atoms with E-state index in [0.29, 0.717) is 23.3 Å². The molecule has 0 radical (unpaired) electrons. The molecule has 1 aliphatic rings. The van der Waals surface area contributed by atoms with Crippen molar-refractivity contribution in [1.29, 1.82) is 0 Å². The molecule has 0 amide bonds. The van der Waals surface area contributed by atoms with Crippen LogP contribution in [0, 0.1) is 12.8 Å². The van der Waals surface area contributed by atoms with Crippen molar-refractivity contribution in [1.82, 2.24) is 0 Å². The molecule has 2 aromatic rings. The molecule has 33 heavy (non-hydrogen) atoms. The van der Waals surface area contributed by atoms with Gasteiger partial charge in [0.2, 0.25) is 0 Å². The van der Waals surface area contributed by atoms with Gasteiger partial charge < -0.3 is 20.3 Å². The molecule has 0 spiro atoms. The first-order valence-electron chi connectivity index (χ1n) is 11.7. The Morgan fingerprint density at radius 3 is 2.48 bits per heavy atom. The van der Waals surface area contributed by atoms with Crippen molar-refractivity contribution in [2.45, 2.75) is 78.9 Å². The van der Waals surface area contributed by atoms with E-state index in [4.69, 9.17) is 15.2 Å². The third kappa shape index (κ3) is 4.91. The largest absolute Gasteiger partial charge is 0.482 e. The highest BCUT2D eigenvalue weighted by atomic mass is 16.5. The SMILES string of the molecule is CCCCCc1cc2c(c(OC(=O)C(N)C(C)C)c1C(=O)O)-c1cc(C)ccc1C(C)(C)O2. The number of aryl methyl sites for hydroxylation is 2. The van der Waals surface area contributed by atoms with Crippen LogP contribution in [-0.4, -0.2) is 23.1 Å². The molecular weight excluding hydrogens is 418 g/mol. The average molecular weight is 454 g/mol. The molecule has 0 aromatic heterocycles. The van der Waals surface area contributed by atoms with Gasteiger partial charge in [0.1, 0.15) is 23.0 Å². The molecule has 0 saturated heterocycles. The minimum atomic E-state index is -1.13. The van der Waals surface area contributed by atoms with Crippen LogP contribution >= 0.6 is 0 Å². The summed E-state index contributed by atoms with van der Waals surface area (Å²) < 4.78 is 12.2. The van der Waals surface area contributed by atoms with E-state index in [1.807, 2.05) is 52.8 Å². The van der Waals surface area contributed by atoms with Crippen LogP contribution in [0.15, 0.2) is 24.3 Å². The van der Waals surface area contributed by atoms with E-state index in [-0.39, 0.29) is 17.2 Å². The summed E-state index contributed by atoms with van der Waals surface area (Å²) in [4.78, 5) is 25.4. The van der Waals surface area contributed by atoms with E-state index < -0.39 is 23.6 Å². The zero-order chi connectivity index (χ0) is 24.5. The third-order valence-corrected chi connectivity index (χ3v) is 6.24. The van der Waals surface area contributed by atoms with E-state index in [2.05, 4.69) is 6.92 Å². The van der Waals surface area contributed by atoms with E-state index in [0.717, 1.165) is 36.0 Å². The lowest BCUT2D eigenvalue weighted by Crippen LogP contribution is -2.39. The highest BCUT2D eigenvalue weighted by molar-refractivity contribution is 6.00. The fourth-order valence-electron chi connectivity index (χ4n) is 4.28. The van der Waals surface area contributed by atoms with Gasteiger partial charge in [0.25, 0.3) is 0 Å². The van der Waals surface area contributed by atoms with Gasteiger partial charge in [-0.05, 0) is 56.7 Å². The first-order valence-corrected chi connectivity index (χ1v) is 11.7. The standard InChI is InChI=1S/C27H35NO5/c1-7-8-9-10-17-14-20-22(18-13-16(4)11-12-19(18)27(5,6)33-20)24(21(17)25(29)30)32-26(31)23(28)15(2)3/h11-15,23H,7-10,28H2,1-6H3,(H,29,30). The van der Waals surface area contributed by atoms with Gasteiger partial charge in [-0.3, -0.25) is 0 Å². The van der Waals surface area contributed by atoms with Gasteiger partial charge in [0.05, 0.1) is 5.56 Å². The quantitative estimate of drug-likeness (QED) is 0.306. The van der Waals surface area contributed by atoms with Gasteiger partial charge in [0.15, 0.2) is 5.75 Å². The van der Waals surface area contributed by atoms with Crippen molar-refractivity contribution < 1.29 is 24.2 Å². The van der Waals surface area contributed by atoms with Crippen LogP contribution < -0.4 is 15.2 Å². The predicted molar refractivity (Wildman–Crippen MR) is 129 cm³/mol. The lowest BCUT2D eigenvalue weighted by atomic mass is 9.83. The summed E-state index contributed by atoms with van der Waals surface area (Å²) >= 11 is 0. The Morgan fingerprint density at radius 1 is 1.18 bits per heavy atom. The van der Waals surface area contributed by atoms with Gasteiger partial charge in [-0.2, -0.15) is 0 Å². The van der Waals surface area contributed by atoms with E-state index >= 15 is 0 Å². The Kier molecular flexibility index (Phi) is 7.17. The first kappa shape index (κ1) is 24.8. The number of esters is 1. The molecule has 0 saturated carbocycles. The van der Waals surface area contributed by atoms with Gasteiger partial charge in [0, 0.05) is 5.56 Å². The zero-order valence-corrected chi connectivity index (χ0v) is 20.5. The number of carboxylic acid groups (broad SMARTS) is 1. The highest BCUT2D eigenvalue weighted by Crippen LogP contribution is 2.52. The molecule has 0 bridgehead atoms. The fourth-order valence-corrected chi connectivity index (χ4v) is 4.28. The number of carbonyl (C=O) groups is 2. The number of hydrogen-bond acceptors (Lipinski definition) is 5. The second kappa shape index (κ2) is 9.56. The summed E-state index contributed by atoms with van der Waals surface area (Å²) in [6.45, 7) is 11.7. The van der Waals surface area contributed by atoms with Crippen LogP contribution in [0.25, 0.3) is 11.1 Å². The van der Waals surface area contributed by atoms with Gasteiger partial charge >= 0.3 is 11.9 Å². The van der Waals surface area contributed by atoms with Gasteiger partial charge in [-0.25, -0.2) is 9.59 Å². The number of ether oxygens (including phenoxy) is 2. The number of fused-ring (bicyclic) bond motifs is 3. The monoisotopic (exact) mass is 453 g/mol. The minimum Gasteiger partial charge on any atom is -0.482 e. The molecule has 1 atom stereocenters. The van der Waals surface area contributed by atoms with Crippen LogP contribution in [0.4, 0.5) is 0 Å². The van der Waals surface area contributed by atoms with Crippen molar-refractivity contribution in [3.63, 3.8) is 0 Å². The lowest BCUT2D eigenvalue weighted by Gasteiger charge is -2.36. The molecule has 0 aliphatic carbocycles. The van der Waals surface area contributed by atoms with Crippen molar-refractivity contribution in [2.24, 2.45) is 11.7 Å². The topological polar surface area (TPSA) is 98.9 Å². The fraction of sp³-hybridized carbons (Fsp3) is 0.481. The van der Waals surface area contributed by atoms with Crippen LogP contribution in [0.5, 0.6) is 11.5 Å². The lowest BCUT2D eigenvalue weighted by molar-refractivity contribution is -0.136. The molecule has 1 heterocycles. The van der Waals surface area contributed by atoms with Crippen LogP contribution in [0.1, 0.15) is 80.9 Å². The van der Waals surface area contributed by atoms with Gasteiger partial charge in [-0.1, -0.05) is 57.4 Å². The molecule has 1 aliphatic heterocycles. The third-order valence-electron chi connectivity index (χ3n) is 6.24. The summed E-state index contributed by atoms with van der Waals surface area (Å²) in [6.07, 6.45) is 3.36. The Hall–Kier alpha value is -2.86. The van der Waals surface area contributed by atoms with Crippen molar-refractivity contribution in [2.75, 3.05) is 0 Å². The molecule has 0 fully saturated rings. The smallest absolute Gasteiger partial charge is 0.339 e. The molecular formula is C27H35NO5. The van der Waals surface area contributed by atoms with E-state index in [1.54, 1.807) is 6.07 Å². The number of rotatable bonds is 8. The molecule has 3 rings (SSSR count). The predicted octanol–water partition coefficient (Wildman–Crippen LogP) is 5.61. The van der Waals surface area contributed by atoms with Gasteiger partial charge in [-0.15, -0.1) is 0 Å². The second-order valence-electron chi connectivity index (χ2n) is 9.73. The molecule has 178 valence electrons. The first-order chi connectivity index (χ1) is 15.5. The normalized spacial score (nSPS) is 14.8. The minimum absolute atomic E-state index is 0.00456. The molecule has 1 unspecified atom stereocenters. The molecule has 6 nitrogen and oxygen atoms in total. The van der Waals surface area contributed by atoms with Crippen molar-refractivity contribution in [3.05, 3.63) is 46.5 Å². The van der Waals surface area contributed by atoms with E-state index in [9.17, 15) is 14.7 Å². The summed E-state index contributed by atoms with van der Waals surface area (Å²) in [6, 6.07) is 6.90. The van der Waals surface area contributed by atoms with Crippen LogP contribution in [-0.2, 0) is 16.8 Å². The average Bonchev–Trinajstić information content (AvgIpc) is 2.71. The Bertz CT molecular complexity index is 1070. The van der Waals surface area contributed by atoms with E-state index in [1.165, 1.54) is 0 Å².